The second-order valence-corrected chi connectivity index (χ2v) is 19.3. The van der Waals surface area contributed by atoms with Crippen molar-refractivity contribution in [1.82, 2.24) is 10.6 Å². The van der Waals surface area contributed by atoms with Crippen LogP contribution in [0.4, 0.5) is 4.79 Å². The first-order valence-electron chi connectivity index (χ1n) is 19.5. The molecule has 14 atom stereocenters. The molecule has 3 unspecified atom stereocenters. The standard InChI is InChI=1S/C40H62N2O3/c1-22-9-14-40(44-21-22)25(4)35-34(45-40)18-33-31-8-7-29-17-30(10-12-37(29,5)32(31)11-13-38(33,35)6)41-36(43)42-39-19-27-15-26(24(39)3)16-28(20-39)23(27)2/h7,22-28,30-35H,8-21H2,1-6H3,(H2,41,42,43)/t22-,23?,24?,25+,26?,27?,28?,30+,31-,32+,33+,34+,35+,37+,38+,39?,40-/m1/s1. The van der Waals surface area contributed by atoms with Gasteiger partial charge in [0.05, 0.1) is 12.7 Å². The maximum absolute atomic E-state index is 13.6. The van der Waals surface area contributed by atoms with Gasteiger partial charge in [-0.25, -0.2) is 4.79 Å². The van der Waals surface area contributed by atoms with Crippen LogP contribution >= 0.6 is 0 Å². The minimum Gasteiger partial charge on any atom is -0.349 e. The highest BCUT2D eigenvalue weighted by atomic mass is 16.7. The highest BCUT2D eigenvalue weighted by Crippen LogP contribution is 2.70. The number of hydrogen-bond donors (Lipinski definition) is 2. The van der Waals surface area contributed by atoms with Crippen LogP contribution in [-0.2, 0) is 9.47 Å². The van der Waals surface area contributed by atoms with E-state index in [2.05, 4.69) is 58.3 Å². The second-order valence-electron chi connectivity index (χ2n) is 19.3. The number of hydrogen-bond acceptors (Lipinski definition) is 3. The lowest BCUT2D eigenvalue weighted by Gasteiger charge is -2.63. The molecule has 8 aliphatic carbocycles. The van der Waals surface area contributed by atoms with E-state index in [9.17, 15) is 4.79 Å². The fourth-order valence-electron chi connectivity index (χ4n) is 14.9. The van der Waals surface area contributed by atoms with Crippen LogP contribution in [0.1, 0.15) is 125 Å². The molecule has 0 aromatic heterocycles. The summed E-state index contributed by atoms with van der Waals surface area (Å²) >= 11 is 0. The molecule has 5 heteroatoms. The van der Waals surface area contributed by atoms with Crippen molar-refractivity contribution in [2.24, 2.45) is 75.9 Å². The number of rotatable bonds is 2. The van der Waals surface area contributed by atoms with Gasteiger partial charge < -0.3 is 20.1 Å². The van der Waals surface area contributed by atoms with Crippen molar-refractivity contribution in [3.8, 4) is 0 Å². The molecule has 2 amide bonds. The molecular weight excluding hydrogens is 556 g/mol. The number of urea groups is 1. The zero-order valence-corrected chi connectivity index (χ0v) is 29.2. The third kappa shape index (κ3) is 4.13. The largest absolute Gasteiger partial charge is 0.349 e. The highest BCUT2D eigenvalue weighted by Gasteiger charge is 2.68. The van der Waals surface area contributed by atoms with Gasteiger partial charge in [0.15, 0.2) is 5.79 Å². The molecule has 0 aromatic carbocycles. The van der Waals surface area contributed by atoms with Crippen molar-refractivity contribution in [2.75, 3.05) is 6.61 Å². The number of ether oxygens (including phenoxy) is 2. The molecule has 4 bridgehead atoms. The monoisotopic (exact) mass is 618 g/mol. The van der Waals surface area contributed by atoms with E-state index in [1.165, 1.54) is 64.2 Å². The minimum atomic E-state index is -0.317. The summed E-state index contributed by atoms with van der Waals surface area (Å²) in [6.07, 6.45) is 19.1. The third-order valence-electron chi connectivity index (χ3n) is 17.6. The Hall–Kier alpha value is -1.07. The van der Waals surface area contributed by atoms with E-state index in [4.69, 9.17) is 9.47 Å². The van der Waals surface area contributed by atoms with Gasteiger partial charge in [0.2, 0.25) is 0 Å². The molecule has 2 aliphatic heterocycles. The van der Waals surface area contributed by atoms with Crippen molar-refractivity contribution in [1.29, 1.82) is 0 Å². The first-order chi connectivity index (χ1) is 21.4. The predicted molar refractivity (Wildman–Crippen MR) is 177 cm³/mol. The Kier molecular flexibility index (Phi) is 6.66. The molecule has 5 nitrogen and oxygen atoms in total. The van der Waals surface area contributed by atoms with E-state index < -0.39 is 0 Å². The summed E-state index contributed by atoms with van der Waals surface area (Å²) in [5.41, 5.74) is 2.35. The molecule has 7 saturated carbocycles. The minimum absolute atomic E-state index is 0.0321. The first-order valence-corrected chi connectivity index (χ1v) is 19.5. The van der Waals surface area contributed by atoms with Gasteiger partial charge in [0.1, 0.15) is 0 Å². The fourth-order valence-corrected chi connectivity index (χ4v) is 14.9. The zero-order chi connectivity index (χ0) is 31.1. The Balaban J connectivity index is 0.873. The van der Waals surface area contributed by atoms with Gasteiger partial charge in [-0.3, -0.25) is 0 Å². The molecule has 2 heterocycles. The van der Waals surface area contributed by atoms with Gasteiger partial charge in [-0.1, -0.05) is 53.2 Å². The number of fused-ring (bicyclic) bond motifs is 7. The van der Waals surface area contributed by atoms with Gasteiger partial charge in [0.25, 0.3) is 0 Å². The summed E-state index contributed by atoms with van der Waals surface area (Å²) in [6.45, 7) is 15.8. The van der Waals surface area contributed by atoms with E-state index in [-0.39, 0.29) is 28.8 Å². The van der Waals surface area contributed by atoms with E-state index in [0.717, 1.165) is 67.3 Å². The molecule has 9 fully saturated rings. The highest BCUT2D eigenvalue weighted by molar-refractivity contribution is 5.75. The average molecular weight is 619 g/mol. The zero-order valence-electron chi connectivity index (χ0n) is 29.2. The second kappa shape index (κ2) is 9.99. The van der Waals surface area contributed by atoms with Crippen LogP contribution in [0.15, 0.2) is 11.6 Å². The summed E-state index contributed by atoms with van der Waals surface area (Å²) in [5, 5.41) is 7.19. The number of carbonyl (C=O) groups is 1. The maximum Gasteiger partial charge on any atom is 0.315 e. The number of nitrogens with one attached hydrogen (secondary N) is 2. The first kappa shape index (κ1) is 30.0. The van der Waals surface area contributed by atoms with Gasteiger partial charge in [-0.2, -0.15) is 0 Å². The molecule has 1 spiro atoms. The Morgan fingerprint density at radius 3 is 2.40 bits per heavy atom. The molecule has 2 saturated heterocycles. The van der Waals surface area contributed by atoms with Crippen LogP contribution in [0.5, 0.6) is 0 Å². The van der Waals surface area contributed by atoms with Crippen LogP contribution in [0.3, 0.4) is 0 Å². The summed E-state index contributed by atoms with van der Waals surface area (Å²) in [5.74, 6) is 7.66. The van der Waals surface area contributed by atoms with Crippen LogP contribution in [-0.4, -0.2) is 36.1 Å². The van der Waals surface area contributed by atoms with Crippen molar-refractivity contribution < 1.29 is 14.3 Å². The molecule has 10 rings (SSSR count). The van der Waals surface area contributed by atoms with Gasteiger partial charge in [-0.05, 0) is 147 Å². The smallest absolute Gasteiger partial charge is 0.315 e. The Morgan fingerprint density at radius 2 is 1.67 bits per heavy atom. The van der Waals surface area contributed by atoms with E-state index in [0.29, 0.717) is 35.2 Å². The van der Waals surface area contributed by atoms with Crippen molar-refractivity contribution >= 4 is 6.03 Å². The summed E-state index contributed by atoms with van der Waals surface area (Å²) in [6, 6.07) is 0.390. The van der Waals surface area contributed by atoms with Gasteiger partial charge >= 0.3 is 6.03 Å². The van der Waals surface area contributed by atoms with Crippen LogP contribution in [0, 0.1) is 75.9 Å². The Bertz CT molecular complexity index is 1240. The molecule has 45 heavy (non-hydrogen) atoms. The van der Waals surface area contributed by atoms with Crippen molar-refractivity contribution in [2.45, 2.75) is 148 Å². The number of carbonyl (C=O) groups excluding carboxylic acids is 1. The maximum atomic E-state index is 13.6. The fraction of sp³-hybridized carbons (Fsp3) is 0.925. The molecule has 0 radical (unpaired) electrons. The van der Waals surface area contributed by atoms with E-state index in [1.807, 2.05) is 0 Å². The van der Waals surface area contributed by atoms with Crippen LogP contribution in [0.25, 0.3) is 0 Å². The summed E-state index contributed by atoms with van der Waals surface area (Å²) in [7, 11) is 0. The quantitative estimate of drug-likeness (QED) is 0.305. The van der Waals surface area contributed by atoms with Crippen LogP contribution in [0.2, 0.25) is 0 Å². The van der Waals surface area contributed by atoms with Gasteiger partial charge in [-0.15, -0.1) is 0 Å². The topological polar surface area (TPSA) is 59.6 Å². The molecule has 2 N–H and O–H groups in total. The van der Waals surface area contributed by atoms with Crippen molar-refractivity contribution in [3.63, 3.8) is 0 Å². The van der Waals surface area contributed by atoms with E-state index >= 15 is 0 Å². The average Bonchev–Trinajstić information content (AvgIpc) is 3.44. The molecule has 10 aliphatic rings. The Labute approximate surface area is 273 Å². The summed E-state index contributed by atoms with van der Waals surface area (Å²) in [4.78, 5) is 13.6. The third-order valence-corrected chi connectivity index (χ3v) is 17.6. The molecule has 250 valence electrons. The van der Waals surface area contributed by atoms with E-state index in [1.54, 1.807) is 5.57 Å². The number of allylic oxidation sites excluding steroid dienone is 1. The lowest BCUT2D eigenvalue weighted by molar-refractivity contribution is -0.272. The predicted octanol–water partition coefficient (Wildman–Crippen LogP) is 8.48. The van der Waals surface area contributed by atoms with Crippen molar-refractivity contribution in [3.05, 3.63) is 11.6 Å². The lowest BCUT2D eigenvalue weighted by atomic mass is 9.46. The normalized spacial score (nSPS) is 59.2. The number of amides is 2. The molecule has 0 aromatic rings. The van der Waals surface area contributed by atoms with Gasteiger partial charge in [0, 0.05) is 23.9 Å². The SMILES string of the molecule is CC1C2CC3CC1CC(NC(=O)N[C@H]1CC[C@@]4(C)C(=CC[C@H]5[C@@H]6C[C@@H]7O[C@]8(CC[C@@H](C)CO8)[C@@H](C)[C@@H]7[C@@]6(C)CC[C@@H]54)C1)(C2)C3C. The lowest BCUT2D eigenvalue weighted by Crippen LogP contribution is -2.68. The Morgan fingerprint density at radius 1 is 0.889 bits per heavy atom. The van der Waals surface area contributed by atoms with Crippen LogP contribution < -0.4 is 10.6 Å². The molecular formula is C40H62N2O3. The summed E-state index contributed by atoms with van der Waals surface area (Å²) < 4.78 is 13.6.